The van der Waals surface area contributed by atoms with Crippen LogP contribution >= 0.6 is 15.9 Å². The van der Waals surface area contributed by atoms with Gasteiger partial charge >= 0.3 is 5.97 Å². The van der Waals surface area contributed by atoms with Gasteiger partial charge in [-0.1, -0.05) is 12.1 Å². The number of ether oxygens (including phenoxy) is 4. The van der Waals surface area contributed by atoms with Crippen molar-refractivity contribution in [2.24, 2.45) is 0 Å². The maximum Gasteiger partial charge on any atom is 0.343 e. The second kappa shape index (κ2) is 9.38. The van der Waals surface area contributed by atoms with Gasteiger partial charge in [-0.3, -0.25) is 4.79 Å². The van der Waals surface area contributed by atoms with Crippen LogP contribution in [0.2, 0.25) is 0 Å². The fourth-order valence-electron chi connectivity index (χ4n) is 3.18. The van der Waals surface area contributed by atoms with Crippen LogP contribution in [-0.4, -0.2) is 20.2 Å². The molecule has 0 aliphatic heterocycles. The summed E-state index contributed by atoms with van der Waals surface area (Å²) in [5, 5.41) is 0.297. The predicted molar refractivity (Wildman–Crippen MR) is 126 cm³/mol. The van der Waals surface area contributed by atoms with Crippen molar-refractivity contribution in [3.8, 4) is 28.7 Å². The zero-order valence-electron chi connectivity index (χ0n) is 18.0. The molecule has 8 heteroatoms. The molecule has 4 aromatic rings. The number of rotatable bonds is 6. The lowest BCUT2D eigenvalue weighted by atomic mass is 10.2. The highest BCUT2D eigenvalue weighted by molar-refractivity contribution is 9.10. The number of esters is 1. The number of carbonyl (C=O) groups excluding carboxylic acids is 1. The van der Waals surface area contributed by atoms with E-state index < -0.39 is 5.97 Å². The van der Waals surface area contributed by atoms with Crippen molar-refractivity contribution in [2.75, 3.05) is 14.2 Å². The molecule has 0 radical (unpaired) electrons. The van der Waals surface area contributed by atoms with E-state index in [0.29, 0.717) is 32.9 Å². The lowest BCUT2D eigenvalue weighted by Crippen LogP contribution is -2.10. The minimum absolute atomic E-state index is 0.0858. The third kappa shape index (κ3) is 4.70. The first-order valence-electron chi connectivity index (χ1n) is 9.84. The monoisotopic (exact) mass is 510 g/mol. The van der Waals surface area contributed by atoms with Crippen LogP contribution in [0, 0.1) is 6.92 Å². The van der Waals surface area contributed by atoms with E-state index in [9.17, 15) is 9.59 Å². The number of hydrogen-bond donors (Lipinski definition) is 0. The van der Waals surface area contributed by atoms with Gasteiger partial charge in [0.15, 0.2) is 0 Å². The quantitative estimate of drug-likeness (QED) is 0.236. The Morgan fingerprint density at radius 1 is 0.909 bits per heavy atom. The maximum atomic E-state index is 13.0. The van der Waals surface area contributed by atoms with Crippen LogP contribution in [0.25, 0.3) is 11.0 Å². The highest BCUT2D eigenvalue weighted by Crippen LogP contribution is 2.31. The van der Waals surface area contributed by atoms with Crippen molar-refractivity contribution < 1.29 is 28.2 Å². The summed E-state index contributed by atoms with van der Waals surface area (Å²) >= 11 is 3.40. The first kappa shape index (κ1) is 22.4. The SMILES string of the molecule is COc1cc(OC)cc(C(=O)Oc2ccc3c(=O)c(Oc4ccccc4Br)c(C)oc3c2)c1. The number of hydrogen-bond acceptors (Lipinski definition) is 7. The largest absolute Gasteiger partial charge is 0.497 e. The van der Waals surface area contributed by atoms with E-state index in [1.54, 1.807) is 37.3 Å². The molecular weight excluding hydrogens is 492 g/mol. The van der Waals surface area contributed by atoms with Gasteiger partial charge in [-0.25, -0.2) is 4.79 Å². The van der Waals surface area contributed by atoms with Gasteiger partial charge in [0, 0.05) is 12.1 Å². The minimum Gasteiger partial charge on any atom is -0.497 e. The standard InChI is InChI=1S/C25H19BrO7/c1-14-24(33-21-7-5-4-6-20(21)26)23(27)19-9-8-16(13-22(19)31-14)32-25(28)15-10-17(29-2)12-18(11-15)30-3/h4-13H,1-3H3. The zero-order chi connectivity index (χ0) is 23.5. The van der Waals surface area contributed by atoms with E-state index in [2.05, 4.69) is 15.9 Å². The van der Waals surface area contributed by atoms with Crippen molar-refractivity contribution in [3.05, 3.63) is 86.7 Å². The molecule has 0 fully saturated rings. The molecule has 0 bridgehead atoms. The van der Waals surface area contributed by atoms with Crippen LogP contribution in [0.3, 0.4) is 0 Å². The first-order valence-corrected chi connectivity index (χ1v) is 10.6. The van der Waals surface area contributed by atoms with E-state index in [-0.39, 0.29) is 28.1 Å². The Hall–Kier alpha value is -3.78. The summed E-state index contributed by atoms with van der Waals surface area (Å²) in [7, 11) is 2.98. The van der Waals surface area contributed by atoms with Crippen LogP contribution in [0.15, 0.2) is 74.3 Å². The van der Waals surface area contributed by atoms with E-state index in [1.165, 1.54) is 32.4 Å². The lowest BCUT2D eigenvalue weighted by molar-refractivity contribution is 0.0734. The molecule has 0 unspecified atom stereocenters. The van der Waals surface area contributed by atoms with Crippen molar-refractivity contribution in [2.45, 2.75) is 6.92 Å². The molecule has 0 aliphatic carbocycles. The van der Waals surface area contributed by atoms with Crippen molar-refractivity contribution >= 4 is 32.9 Å². The average molecular weight is 511 g/mol. The molecule has 0 saturated carbocycles. The van der Waals surface area contributed by atoms with Crippen LogP contribution in [0.5, 0.6) is 28.7 Å². The summed E-state index contributed by atoms with van der Waals surface area (Å²) < 4.78 is 28.2. The van der Waals surface area contributed by atoms with E-state index in [4.69, 9.17) is 23.4 Å². The van der Waals surface area contributed by atoms with Gasteiger partial charge in [-0.2, -0.15) is 0 Å². The Balaban J connectivity index is 1.65. The van der Waals surface area contributed by atoms with Crippen LogP contribution in [-0.2, 0) is 0 Å². The summed E-state index contributed by atoms with van der Waals surface area (Å²) in [6.45, 7) is 1.63. The number of halogens is 1. The highest BCUT2D eigenvalue weighted by atomic mass is 79.9. The molecule has 0 N–H and O–H groups in total. The Morgan fingerprint density at radius 2 is 1.61 bits per heavy atom. The lowest BCUT2D eigenvalue weighted by Gasteiger charge is -2.11. The fourth-order valence-corrected chi connectivity index (χ4v) is 3.54. The number of methoxy groups -OCH3 is 2. The van der Waals surface area contributed by atoms with Crippen molar-refractivity contribution in [3.63, 3.8) is 0 Å². The van der Waals surface area contributed by atoms with Gasteiger partial charge in [0.25, 0.3) is 0 Å². The Kier molecular flexibility index (Phi) is 6.37. The highest BCUT2D eigenvalue weighted by Gasteiger charge is 2.17. The van der Waals surface area contributed by atoms with E-state index in [0.717, 1.165) is 0 Å². The summed E-state index contributed by atoms with van der Waals surface area (Å²) in [6.07, 6.45) is 0. The Bertz CT molecular complexity index is 1390. The summed E-state index contributed by atoms with van der Waals surface area (Å²) in [6, 6.07) is 16.5. The second-order valence-corrected chi connectivity index (χ2v) is 7.85. The molecule has 7 nitrogen and oxygen atoms in total. The normalized spacial score (nSPS) is 10.7. The molecular formula is C25H19BrO7. The predicted octanol–water partition coefficient (Wildman–Crippen LogP) is 5.89. The van der Waals surface area contributed by atoms with Gasteiger partial charge in [0.2, 0.25) is 11.2 Å². The number of aryl methyl sites for hydroxylation is 1. The average Bonchev–Trinajstić information content (AvgIpc) is 2.82. The molecule has 4 rings (SSSR count). The summed E-state index contributed by atoms with van der Waals surface area (Å²) in [5.74, 6) is 1.40. The molecule has 0 atom stereocenters. The van der Waals surface area contributed by atoms with Crippen LogP contribution < -0.4 is 24.4 Å². The summed E-state index contributed by atoms with van der Waals surface area (Å²) in [5.41, 5.74) is 0.187. The van der Waals surface area contributed by atoms with Gasteiger partial charge in [-0.15, -0.1) is 0 Å². The van der Waals surface area contributed by atoms with Gasteiger partial charge in [0.1, 0.15) is 34.3 Å². The maximum absolute atomic E-state index is 13.0. The fraction of sp³-hybridized carbons (Fsp3) is 0.120. The van der Waals surface area contributed by atoms with Gasteiger partial charge in [0.05, 0.1) is 29.6 Å². The molecule has 0 spiro atoms. The molecule has 33 heavy (non-hydrogen) atoms. The Morgan fingerprint density at radius 3 is 2.27 bits per heavy atom. The molecule has 1 heterocycles. The van der Waals surface area contributed by atoms with Crippen LogP contribution in [0.1, 0.15) is 16.1 Å². The summed E-state index contributed by atoms with van der Waals surface area (Å²) in [4.78, 5) is 25.7. The number of para-hydroxylation sites is 1. The van der Waals surface area contributed by atoms with E-state index in [1.807, 2.05) is 12.1 Å². The molecule has 1 aromatic heterocycles. The van der Waals surface area contributed by atoms with E-state index >= 15 is 0 Å². The first-order chi connectivity index (χ1) is 15.9. The number of benzene rings is 3. The topological polar surface area (TPSA) is 84.2 Å². The van der Waals surface area contributed by atoms with Crippen molar-refractivity contribution in [1.82, 2.24) is 0 Å². The smallest absolute Gasteiger partial charge is 0.343 e. The Labute approximate surface area is 197 Å². The van der Waals surface area contributed by atoms with Crippen molar-refractivity contribution in [1.29, 1.82) is 0 Å². The number of carbonyl (C=O) groups is 1. The van der Waals surface area contributed by atoms with Crippen LogP contribution in [0.4, 0.5) is 0 Å². The molecule has 0 amide bonds. The second-order valence-electron chi connectivity index (χ2n) is 7.00. The van der Waals surface area contributed by atoms with Gasteiger partial charge in [-0.05, 0) is 59.3 Å². The third-order valence-electron chi connectivity index (χ3n) is 4.83. The molecule has 3 aromatic carbocycles. The zero-order valence-corrected chi connectivity index (χ0v) is 19.6. The minimum atomic E-state index is -0.612. The van der Waals surface area contributed by atoms with Gasteiger partial charge < -0.3 is 23.4 Å². The number of fused-ring (bicyclic) bond motifs is 1. The molecule has 0 saturated heterocycles. The molecule has 0 aliphatic rings. The molecule has 168 valence electrons. The third-order valence-corrected chi connectivity index (χ3v) is 5.49.